The first-order valence-corrected chi connectivity index (χ1v) is 5.96. The van der Waals surface area contributed by atoms with Gasteiger partial charge >= 0.3 is 0 Å². The summed E-state index contributed by atoms with van der Waals surface area (Å²) in [6, 6.07) is 0.463. The predicted octanol–water partition coefficient (Wildman–Crippen LogP) is 0.443. The number of nitrogens with zero attached hydrogens (tertiary/aromatic N) is 1. The lowest BCUT2D eigenvalue weighted by Crippen LogP contribution is -2.39. The lowest BCUT2D eigenvalue weighted by Gasteiger charge is -2.30. The summed E-state index contributed by atoms with van der Waals surface area (Å²) < 4.78 is 0. The van der Waals surface area contributed by atoms with E-state index < -0.39 is 0 Å². The van der Waals surface area contributed by atoms with Gasteiger partial charge in [-0.15, -0.1) is 0 Å². The van der Waals surface area contributed by atoms with Gasteiger partial charge in [0.2, 0.25) is 0 Å². The first-order chi connectivity index (χ1) is 6.90. The summed E-state index contributed by atoms with van der Waals surface area (Å²) in [6.07, 6.45) is 5.10. The van der Waals surface area contributed by atoms with Crippen molar-refractivity contribution in [1.29, 1.82) is 0 Å². The van der Waals surface area contributed by atoms with E-state index in [1.165, 1.54) is 51.9 Å². The van der Waals surface area contributed by atoms with Crippen molar-refractivity contribution in [3.63, 3.8) is 0 Å². The smallest absolute Gasteiger partial charge is 0.0586 e. The Morgan fingerprint density at radius 1 is 1.21 bits per heavy atom. The molecule has 0 bridgehead atoms. The minimum Gasteiger partial charge on any atom is -0.395 e. The molecule has 2 N–H and O–H groups in total. The van der Waals surface area contributed by atoms with Gasteiger partial charge in [0, 0.05) is 12.6 Å². The van der Waals surface area contributed by atoms with Gasteiger partial charge in [-0.25, -0.2) is 0 Å². The van der Waals surface area contributed by atoms with Crippen molar-refractivity contribution in [2.24, 2.45) is 5.92 Å². The van der Waals surface area contributed by atoms with Crippen molar-refractivity contribution >= 4 is 0 Å². The zero-order valence-corrected chi connectivity index (χ0v) is 8.91. The molecule has 0 aromatic heterocycles. The lowest BCUT2D eigenvalue weighted by atomic mass is 9.97. The minimum atomic E-state index is 0.352. The molecule has 2 fully saturated rings. The van der Waals surface area contributed by atoms with E-state index in [9.17, 15) is 5.11 Å². The van der Waals surface area contributed by atoms with Crippen molar-refractivity contribution in [2.45, 2.75) is 31.7 Å². The van der Waals surface area contributed by atoms with Gasteiger partial charge in [0.15, 0.2) is 0 Å². The van der Waals surface area contributed by atoms with E-state index in [1.54, 1.807) is 0 Å². The normalized spacial score (nSPS) is 31.1. The summed E-state index contributed by atoms with van der Waals surface area (Å²) in [4.78, 5) is 2.50. The first kappa shape index (κ1) is 10.4. The Morgan fingerprint density at radius 3 is 2.71 bits per heavy atom. The highest BCUT2D eigenvalue weighted by Crippen LogP contribution is 2.21. The van der Waals surface area contributed by atoms with Crippen LogP contribution >= 0.6 is 0 Å². The van der Waals surface area contributed by atoms with E-state index in [4.69, 9.17) is 0 Å². The molecule has 0 radical (unpaired) electrons. The van der Waals surface area contributed by atoms with Crippen LogP contribution in [0, 0.1) is 5.92 Å². The molecule has 82 valence electrons. The van der Waals surface area contributed by atoms with E-state index in [0.29, 0.717) is 12.6 Å². The fourth-order valence-electron chi connectivity index (χ4n) is 2.74. The minimum absolute atomic E-state index is 0.352. The van der Waals surface area contributed by atoms with Crippen molar-refractivity contribution in [2.75, 3.05) is 32.8 Å². The highest BCUT2D eigenvalue weighted by molar-refractivity contribution is 4.81. The summed E-state index contributed by atoms with van der Waals surface area (Å²) in [5.41, 5.74) is 0. The van der Waals surface area contributed by atoms with Crippen LogP contribution in [0.1, 0.15) is 25.7 Å². The maximum atomic E-state index is 9.21. The molecule has 2 rings (SSSR count). The lowest BCUT2D eigenvalue weighted by molar-refractivity contribution is 0.133. The summed E-state index contributed by atoms with van der Waals surface area (Å²) in [6.45, 7) is 5.14. The van der Waals surface area contributed by atoms with Crippen LogP contribution < -0.4 is 5.32 Å². The molecule has 0 spiro atoms. The van der Waals surface area contributed by atoms with Gasteiger partial charge in [-0.1, -0.05) is 0 Å². The van der Waals surface area contributed by atoms with E-state index >= 15 is 0 Å². The quantitative estimate of drug-likeness (QED) is 0.691. The Balaban J connectivity index is 1.77. The Morgan fingerprint density at radius 2 is 2.00 bits per heavy atom. The number of hydrogen-bond acceptors (Lipinski definition) is 3. The Kier molecular flexibility index (Phi) is 3.79. The largest absolute Gasteiger partial charge is 0.395 e. The average molecular weight is 198 g/mol. The highest BCUT2D eigenvalue weighted by Gasteiger charge is 2.26. The van der Waals surface area contributed by atoms with E-state index in [2.05, 4.69) is 10.2 Å². The molecule has 1 unspecified atom stereocenters. The van der Waals surface area contributed by atoms with Gasteiger partial charge in [-0.3, -0.25) is 4.90 Å². The molecule has 2 aliphatic rings. The summed E-state index contributed by atoms with van der Waals surface area (Å²) >= 11 is 0. The van der Waals surface area contributed by atoms with Crippen LogP contribution in [0.3, 0.4) is 0 Å². The van der Waals surface area contributed by atoms with E-state index in [-0.39, 0.29) is 0 Å². The molecule has 0 saturated carbocycles. The summed E-state index contributed by atoms with van der Waals surface area (Å²) in [5, 5.41) is 12.6. The molecule has 14 heavy (non-hydrogen) atoms. The second-order valence-electron chi connectivity index (χ2n) is 4.67. The Labute approximate surface area is 86.5 Å². The van der Waals surface area contributed by atoms with E-state index in [1.807, 2.05) is 0 Å². The maximum absolute atomic E-state index is 9.21. The first-order valence-electron chi connectivity index (χ1n) is 5.96. The molecule has 2 heterocycles. The summed E-state index contributed by atoms with van der Waals surface area (Å²) in [7, 11) is 0. The topological polar surface area (TPSA) is 35.5 Å². The molecular weight excluding hydrogens is 176 g/mol. The number of hydrogen-bond donors (Lipinski definition) is 2. The number of likely N-dealkylation sites (tertiary alicyclic amines) is 1. The molecule has 0 amide bonds. The van der Waals surface area contributed by atoms with Gasteiger partial charge in [0.05, 0.1) is 6.61 Å². The molecule has 1 atom stereocenters. The van der Waals surface area contributed by atoms with Gasteiger partial charge in [0.25, 0.3) is 0 Å². The van der Waals surface area contributed by atoms with Crippen LogP contribution in [0.25, 0.3) is 0 Å². The highest BCUT2D eigenvalue weighted by atomic mass is 16.3. The number of piperidine rings is 1. The molecule has 2 saturated heterocycles. The second kappa shape index (κ2) is 5.10. The fourth-order valence-corrected chi connectivity index (χ4v) is 2.74. The van der Waals surface area contributed by atoms with Crippen molar-refractivity contribution in [3.8, 4) is 0 Å². The zero-order chi connectivity index (χ0) is 9.80. The van der Waals surface area contributed by atoms with Gasteiger partial charge < -0.3 is 10.4 Å². The Hall–Kier alpha value is -0.120. The third-order valence-corrected chi connectivity index (χ3v) is 3.66. The maximum Gasteiger partial charge on any atom is 0.0586 e. The average Bonchev–Trinajstić information content (AvgIpc) is 2.67. The molecule has 3 heteroatoms. The third-order valence-electron chi connectivity index (χ3n) is 3.66. The van der Waals surface area contributed by atoms with Crippen molar-refractivity contribution in [3.05, 3.63) is 0 Å². The van der Waals surface area contributed by atoms with Crippen LogP contribution in [0.4, 0.5) is 0 Å². The van der Waals surface area contributed by atoms with Crippen LogP contribution in [0.5, 0.6) is 0 Å². The molecule has 0 aromatic carbocycles. The monoisotopic (exact) mass is 198 g/mol. The third kappa shape index (κ3) is 2.47. The van der Waals surface area contributed by atoms with Crippen LogP contribution in [0.2, 0.25) is 0 Å². The van der Waals surface area contributed by atoms with Crippen molar-refractivity contribution < 1.29 is 5.11 Å². The molecular formula is C11H22N2O. The zero-order valence-electron chi connectivity index (χ0n) is 8.91. The van der Waals surface area contributed by atoms with Crippen LogP contribution in [0.15, 0.2) is 0 Å². The molecule has 2 aliphatic heterocycles. The molecule has 0 aliphatic carbocycles. The number of rotatable bonds is 3. The molecule has 0 aromatic rings. The predicted molar refractivity (Wildman–Crippen MR) is 57.3 cm³/mol. The van der Waals surface area contributed by atoms with Crippen LogP contribution in [-0.2, 0) is 0 Å². The Bertz CT molecular complexity index is 169. The van der Waals surface area contributed by atoms with Gasteiger partial charge in [-0.05, 0) is 51.2 Å². The number of nitrogens with one attached hydrogen (secondary N) is 1. The number of aliphatic hydroxyl groups is 1. The SMILES string of the molecule is OCC1CCCN1CC1CCNCC1. The molecule has 3 nitrogen and oxygen atoms in total. The number of aliphatic hydroxyl groups excluding tert-OH is 1. The van der Waals surface area contributed by atoms with Gasteiger partial charge in [-0.2, -0.15) is 0 Å². The van der Waals surface area contributed by atoms with Gasteiger partial charge in [0.1, 0.15) is 0 Å². The van der Waals surface area contributed by atoms with E-state index in [0.717, 1.165) is 5.92 Å². The standard InChI is InChI=1S/C11H22N2O/c14-9-11-2-1-7-13(11)8-10-3-5-12-6-4-10/h10-12,14H,1-9H2. The van der Waals surface area contributed by atoms with Crippen LogP contribution in [-0.4, -0.2) is 48.8 Å². The summed E-state index contributed by atoms with van der Waals surface area (Å²) in [5.74, 6) is 0.864. The fraction of sp³-hybridized carbons (Fsp3) is 1.00. The second-order valence-corrected chi connectivity index (χ2v) is 4.67. The van der Waals surface area contributed by atoms with Crippen molar-refractivity contribution in [1.82, 2.24) is 10.2 Å².